The maximum atomic E-state index is 14.3. The monoisotopic (exact) mass is 606 g/mol. The lowest BCUT2D eigenvalue weighted by Gasteiger charge is -2.34. The molecular formula is C32H38N4O6S. The smallest absolute Gasteiger partial charge is 0.271 e. The minimum absolute atomic E-state index is 0.0159. The number of rotatable bonds is 12. The van der Waals surface area contributed by atoms with Crippen LogP contribution in [0.3, 0.4) is 0 Å². The number of amides is 2. The molecule has 0 radical (unpaired) electrons. The summed E-state index contributed by atoms with van der Waals surface area (Å²) < 4.78 is 27.0. The van der Waals surface area contributed by atoms with Gasteiger partial charge in [0.15, 0.2) is 0 Å². The van der Waals surface area contributed by atoms with Gasteiger partial charge in [0.1, 0.15) is 12.6 Å². The Morgan fingerprint density at radius 3 is 2.23 bits per heavy atom. The topological polar surface area (TPSA) is 130 Å². The molecular weight excluding hydrogens is 568 g/mol. The molecule has 43 heavy (non-hydrogen) atoms. The molecule has 1 aliphatic rings. The van der Waals surface area contributed by atoms with Gasteiger partial charge in [-0.3, -0.25) is 24.0 Å². The Morgan fingerprint density at radius 2 is 1.63 bits per heavy atom. The standard InChI is InChI=1S/C32H38N4O6S/c1-23-13-16-26(17-14-23)21-34(30(19-25-9-5-4-6-10-25)32(38)33-27-11-7-8-12-27)31(37)22-35(43(3,41)42)29-20-28(36(39)40)18-15-24(29)2/h4-6,9-10,13-18,20,27,30H,7-8,11-12,19,21-22H2,1-3H3,(H,33,38). The Morgan fingerprint density at radius 1 is 0.977 bits per heavy atom. The van der Waals surface area contributed by atoms with Crippen molar-refractivity contribution in [3.05, 3.63) is 105 Å². The molecule has 228 valence electrons. The zero-order valence-corrected chi connectivity index (χ0v) is 25.5. The number of hydrogen-bond acceptors (Lipinski definition) is 6. The van der Waals surface area contributed by atoms with E-state index >= 15 is 0 Å². The number of nitrogens with zero attached hydrogens (tertiary/aromatic N) is 3. The van der Waals surface area contributed by atoms with E-state index < -0.39 is 33.4 Å². The molecule has 1 aliphatic carbocycles. The van der Waals surface area contributed by atoms with Gasteiger partial charge in [0.05, 0.1) is 16.9 Å². The Balaban J connectivity index is 1.76. The summed E-state index contributed by atoms with van der Waals surface area (Å²) in [6, 6.07) is 19.9. The van der Waals surface area contributed by atoms with Crippen LogP contribution in [0.1, 0.15) is 47.9 Å². The van der Waals surface area contributed by atoms with Gasteiger partial charge >= 0.3 is 0 Å². The van der Waals surface area contributed by atoms with Crippen LogP contribution in [0.25, 0.3) is 0 Å². The number of nitro groups is 1. The summed E-state index contributed by atoms with van der Waals surface area (Å²) in [6.07, 6.45) is 4.95. The zero-order chi connectivity index (χ0) is 31.1. The Bertz CT molecular complexity index is 1550. The quantitative estimate of drug-likeness (QED) is 0.236. The first kappa shape index (κ1) is 31.7. The minimum atomic E-state index is -4.05. The molecule has 11 heteroatoms. The molecule has 3 aromatic carbocycles. The largest absolute Gasteiger partial charge is 0.352 e. The molecule has 1 unspecified atom stereocenters. The van der Waals surface area contributed by atoms with Crippen LogP contribution in [-0.2, 0) is 32.6 Å². The predicted octanol–water partition coefficient (Wildman–Crippen LogP) is 4.68. The molecule has 1 fully saturated rings. The Labute approximate surface area is 252 Å². The molecule has 1 saturated carbocycles. The van der Waals surface area contributed by atoms with Gasteiger partial charge in [0, 0.05) is 31.1 Å². The van der Waals surface area contributed by atoms with Crippen molar-refractivity contribution in [2.45, 2.75) is 64.6 Å². The van der Waals surface area contributed by atoms with Crippen molar-refractivity contribution in [2.75, 3.05) is 17.1 Å². The summed E-state index contributed by atoms with van der Waals surface area (Å²) in [5.74, 6) is -0.895. The van der Waals surface area contributed by atoms with E-state index in [4.69, 9.17) is 0 Å². The van der Waals surface area contributed by atoms with Gasteiger partial charge in [0.2, 0.25) is 21.8 Å². The van der Waals surface area contributed by atoms with Crippen LogP contribution in [0.5, 0.6) is 0 Å². The van der Waals surface area contributed by atoms with Crippen LogP contribution in [0, 0.1) is 24.0 Å². The summed E-state index contributed by atoms with van der Waals surface area (Å²) in [6.45, 7) is 3.01. The van der Waals surface area contributed by atoms with Crippen LogP contribution in [0.4, 0.5) is 11.4 Å². The summed E-state index contributed by atoms with van der Waals surface area (Å²) in [4.78, 5) is 40.5. The van der Waals surface area contributed by atoms with Crippen LogP contribution in [-0.4, -0.2) is 54.9 Å². The molecule has 10 nitrogen and oxygen atoms in total. The van der Waals surface area contributed by atoms with E-state index in [1.807, 2.05) is 61.5 Å². The van der Waals surface area contributed by atoms with Gasteiger partial charge in [-0.25, -0.2) is 8.42 Å². The number of anilines is 1. The molecule has 0 aromatic heterocycles. The number of sulfonamides is 1. The van der Waals surface area contributed by atoms with Crippen molar-refractivity contribution in [3.8, 4) is 0 Å². The first-order valence-corrected chi connectivity index (χ1v) is 16.2. The first-order valence-electron chi connectivity index (χ1n) is 14.3. The summed E-state index contributed by atoms with van der Waals surface area (Å²) in [7, 11) is -4.05. The summed E-state index contributed by atoms with van der Waals surface area (Å²) >= 11 is 0. The van der Waals surface area contributed by atoms with Crippen molar-refractivity contribution >= 4 is 33.2 Å². The maximum absolute atomic E-state index is 14.3. The molecule has 0 bridgehead atoms. The second-order valence-corrected chi connectivity index (χ2v) is 13.1. The number of non-ortho nitro benzene ring substituents is 1. The lowest BCUT2D eigenvalue weighted by Crippen LogP contribution is -2.54. The molecule has 0 aliphatic heterocycles. The third-order valence-corrected chi connectivity index (χ3v) is 8.92. The van der Waals surface area contributed by atoms with E-state index in [1.165, 1.54) is 17.0 Å². The van der Waals surface area contributed by atoms with Crippen LogP contribution < -0.4 is 9.62 Å². The van der Waals surface area contributed by atoms with Crippen LogP contribution >= 0.6 is 0 Å². The number of nitro benzene ring substituents is 1. The number of hydrogen-bond donors (Lipinski definition) is 1. The van der Waals surface area contributed by atoms with Crippen molar-refractivity contribution in [2.24, 2.45) is 0 Å². The highest BCUT2D eigenvalue weighted by atomic mass is 32.2. The van der Waals surface area contributed by atoms with Crippen molar-refractivity contribution < 1.29 is 22.9 Å². The van der Waals surface area contributed by atoms with Gasteiger partial charge in [-0.15, -0.1) is 0 Å². The fourth-order valence-corrected chi connectivity index (χ4v) is 6.29. The average molecular weight is 607 g/mol. The predicted molar refractivity (Wildman–Crippen MR) is 166 cm³/mol. The molecule has 3 aromatic rings. The number of aryl methyl sites for hydroxylation is 2. The number of nitrogens with one attached hydrogen (secondary N) is 1. The fraction of sp³-hybridized carbons (Fsp3) is 0.375. The normalized spacial score (nSPS) is 14.2. The Kier molecular flexibility index (Phi) is 10.2. The minimum Gasteiger partial charge on any atom is -0.352 e. The van der Waals surface area contributed by atoms with E-state index in [9.17, 15) is 28.1 Å². The fourth-order valence-electron chi connectivity index (χ4n) is 5.39. The van der Waals surface area contributed by atoms with Gasteiger partial charge in [-0.1, -0.05) is 79.1 Å². The first-order chi connectivity index (χ1) is 20.4. The number of benzene rings is 3. The van der Waals surface area contributed by atoms with Crippen molar-refractivity contribution in [3.63, 3.8) is 0 Å². The van der Waals surface area contributed by atoms with Crippen molar-refractivity contribution in [1.29, 1.82) is 0 Å². The van der Waals surface area contributed by atoms with Crippen LogP contribution in [0.2, 0.25) is 0 Å². The van der Waals surface area contributed by atoms with E-state index in [0.29, 0.717) is 5.56 Å². The molecule has 2 amide bonds. The second kappa shape index (κ2) is 13.8. The third-order valence-electron chi connectivity index (χ3n) is 7.80. The highest BCUT2D eigenvalue weighted by Crippen LogP contribution is 2.28. The molecule has 0 saturated heterocycles. The van der Waals surface area contributed by atoms with E-state index in [0.717, 1.165) is 59.0 Å². The van der Waals surface area contributed by atoms with Gasteiger partial charge in [-0.05, 0) is 43.4 Å². The van der Waals surface area contributed by atoms with Gasteiger partial charge < -0.3 is 10.2 Å². The molecule has 1 N–H and O–H groups in total. The molecule has 0 heterocycles. The zero-order valence-electron chi connectivity index (χ0n) is 24.7. The van der Waals surface area contributed by atoms with E-state index in [1.54, 1.807) is 6.92 Å². The molecule has 1 atom stereocenters. The highest BCUT2D eigenvalue weighted by Gasteiger charge is 2.34. The van der Waals surface area contributed by atoms with Gasteiger partial charge in [-0.2, -0.15) is 0 Å². The summed E-state index contributed by atoms with van der Waals surface area (Å²) in [5, 5.41) is 14.6. The molecule has 4 rings (SSSR count). The third kappa shape index (κ3) is 8.41. The van der Waals surface area contributed by atoms with E-state index in [-0.39, 0.29) is 36.3 Å². The maximum Gasteiger partial charge on any atom is 0.271 e. The average Bonchev–Trinajstić information content (AvgIpc) is 3.48. The Hall–Kier alpha value is -4.25. The lowest BCUT2D eigenvalue weighted by molar-refractivity contribution is -0.384. The highest BCUT2D eigenvalue weighted by molar-refractivity contribution is 7.92. The summed E-state index contributed by atoms with van der Waals surface area (Å²) in [5.41, 5.74) is 2.86. The lowest BCUT2D eigenvalue weighted by atomic mass is 10.0. The van der Waals surface area contributed by atoms with Crippen LogP contribution in [0.15, 0.2) is 72.8 Å². The van der Waals surface area contributed by atoms with Crippen molar-refractivity contribution in [1.82, 2.24) is 10.2 Å². The van der Waals surface area contributed by atoms with Gasteiger partial charge in [0.25, 0.3) is 5.69 Å². The number of carbonyl (C=O) groups excluding carboxylic acids is 2. The number of carbonyl (C=O) groups is 2. The molecule has 0 spiro atoms. The SMILES string of the molecule is Cc1ccc(CN(C(=O)CN(c2cc([N+](=O)[O-])ccc2C)S(C)(=O)=O)C(Cc2ccccc2)C(=O)NC2CCCC2)cc1. The van der Waals surface area contributed by atoms with E-state index in [2.05, 4.69) is 5.32 Å². The second-order valence-electron chi connectivity index (χ2n) is 11.2.